The first-order valence-corrected chi connectivity index (χ1v) is 15.5. The standard InChI is InChI=1S/C35H43N3O6/c1-6-18-36(25-12-14-26(15-13-25)43-8-3)32(40)29-28-16-17-35(44-28)30(29)33(41)38(20-9-21-39)31(35)34(42)37(19-7-2)27-22-23(4)10-11-24(27)5/h6-7,10-15,22,28-31,39H,1-2,8-9,16-21H2,3-5H3/t28-,29+,30-,31?,35?/m0/s1. The van der Waals surface area contributed by atoms with Gasteiger partial charge in [-0.3, -0.25) is 14.4 Å². The highest BCUT2D eigenvalue weighted by Crippen LogP contribution is 2.59. The summed E-state index contributed by atoms with van der Waals surface area (Å²) in [5, 5.41) is 9.70. The molecule has 234 valence electrons. The van der Waals surface area contributed by atoms with Gasteiger partial charge in [-0.2, -0.15) is 0 Å². The summed E-state index contributed by atoms with van der Waals surface area (Å²) in [7, 11) is 0. The van der Waals surface area contributed by atoms with Crippen LogP contribution in [0, 0.1) is 25.7 Å². The Morgan fingerprint density at radius 2 is 1.80 bits per heavy atom. The Morgan fingerprint density at radius 1 is 1.09 bits per heavy atom. The van der Waals surface area contributed by atoms with Crippen LogP contribution in [-0.2, 0) is 19.1 Å². The largest absolute Gasteiger partial charge is 0.494 e. The number of amides is 3. The molecular formula is C35H43N3O6. The van der Waals surface area contributed by atoms with Gasteiger partial charge in [0, 0.05) is 37.6 Å². The maximum atomic E-state index is 14.7. The van der Waals surface area contributed by atoms with Crippen molar-refractivity contribution < 1.29 is 29.0 Å². The van der Waals surface area contributed by atoms with Crippen LogP contribution in [0.1, 0.15) is 37.3 Å². The van der Waals surface area contributed by atoms with Crippen molar-refractivity contribution >= 4 is 29.1 Å². The van der Waals surface area contributed by atoms with E-state index in [-0.39, 0.29) is 44.0 Å². The van der Waals surface area contributed by atoms with Crippen molar-refractivity contribution in [2.24, 2.45) is 11.8 Å². The van der Waals surface area contributed by atoms with Gasteiger partial charge in [-0.05, 0) is 81.5 Å². The van der Waals surface area contributed by atoms with Crippen LogP contribution in [0.2, 0.25) is 0 Å². The Hall–Kier alpha value is -3.95. The Morgan fingerprint density at radius 3 is 2.45 bits per heavy atom. The molecule has 3 aliphatic heterocycles. The molecular weight excluding hydrogens is 558 g/mol. The lowest BCUT2D eigenvalue weighted by atomic mass is 9.70. The maximum absolute atomic E-state index is 14.7. The first kappa shape index (κ1) is 31.5. The number of anilines is 2. The van der Waals surface area contributed by atoms with Crippen LogP contribution in [0.25, 0.3) is 0 Å². The number of rotatable bonds is 13. The summed E-state index contributed by atoms with van der Waals surface area (Å²) < 4.78 is 12.3. The minimum atomic E-state index is -1.15. The highest BCUT2D eigenvalue weighted by atomic mass is 16.5. The fraction of sp³-hybridized carbons (Fsp3) is 0.457. The number of likely N-dealkylation sites (tertiary alicyclic amines) is 1. The van der Waals surface area contributed by atoms with Crippen molar-refractivity contribution in [3.05, 3.63) is 78.9 Å². The number of fused-ring (bicyclic) bond motifs is 1. The summed E-state index contributed by atoms with van der Waals surface area (Å²) in [5.41, 5.74) is 2.19. The van der Waals surface area contributed by atoms with E-state index in [1.54, 1.807) is 26.9 Å². The first-order valence-electron chi connectivity index (χ1n) is 15.5. The molecule has 3 amide bonds. The average molecular weight is 602 g/mol. The summed E-state index contributed by atoms with van der Waals surface area (Å²) in [6.07, 6.45) is 4.20. The predicted molar refractivity (Wildman–Crippen MR) is 170 cm³/mol. The third kappa shape index (κ3) is 5.32. The highest BCUT2D eigenvalue weighted by molar-refractivity contribution is 6.06. The molecule has 3 saturated heterocycles. The molecule has 0 aliphatic carbocycles. The molecule has 3 fully saturated rings. The minimum Gasteiger partial charge on any atom is -0.494 e. The zero-order valence-corrected chi connectivity index (χ0v) is 25.9. The van der Waals surface area contributed by atoms with E-state index in [4.69, 9.17) is 9.47 Å². The van der Waals surface area contributed by atoms with Crippen LogP contribution in [-0.4, -0.2) is 78.3 Å². The van der Waals surface area contributed by atoms with Crippen molar-refractivity contribution in [1.82, 2.24) is 4.90 Å². The van der Waals surface area contributed by atoms with E-state index in [1.165, 1.54) is 0 Å². The molecule has 5 rings (SSSR count). The average Bonchev–Trinajstić information content (AvgIpc) is 3.66. The molecule has 0 radical (unpaired) electrons. The first-order chi connectivity index (χ1) is 21.2. The third-order valence-electron chi connectivity index (χ3n) is 9.15. The molecule has 2 unspecified atom stereocenters. The quantitative estimate of drug-likeness (QED) is 0.346. The molecule has 2 aromatic rings. The number of hydrogen-bond donors (Lipinski definition) is 1. The Balaban J connectivity index is 1.54. The van der Waals surface area contributed by atoms with E-state index >= 15 is 0 Å². The summed E-state index contributed by atoms with van der Waals surface area (Å²) >= 11 is 0. The lowest BCUT2D eigenvalue weighted by molar-refractivity contribution is -0.141. The van der Waals surface area contributed by atoms with Crippen LogP contribution in [0.5, 0.6) is 5.75 Å². The fourth-order valence-electron chi connectivity index (χ4n) is 7.31. The summed E-state index contributed by atoms with van der Waals surface area (Å²) in [6.45, 7) is 14.7. The normalized spacial score (nSPS) is 25.1. The summed E-state index contributed by atoms with van der Waals surface area (Å²) in [5.74, 6) is -1.65. The van der Waals surface area contributed by atoms with E-state index in [0.717, 1.165) is 16.8 Å². The lowest BCUT2D eigenvalue weighted by Gasteiger charge is -2.37. The van der Waals surface area contributed by atoms with E-state index in [0.29, 0.717) is 37.3 Å². The number of hydrogen-bond acceptors (Lipinski definition) is 6. The molecule has 9 nitrogen and oxygen atoms in total. The van der Waals surface area contributed by atoms with Gasteiger partial charge in [-0.15, -0.1) is 13.2 Å². The molecule has 5 atom stereocenters. The van der Waals surface area contributed by atoms with Crippen molar-refractivity contribution in [2.45, 2.75) is 57.8 Å². The van der Waals surface area contributed by atoms with Gasteiger partial charge in [0.05, 0.1) is 24.5 Å². The lowest BCUT2D eigenvalue weighted by Crippen LogP contribution is -2.57. The van der Waals surface area contributed by atoms with Gasteiger partial charge in [-0.25, -0.2) is 0 Å². The van der Waals surface area contributed by atoms with Gasteiger partial charge in [0.25, 0.3) is 5.91 Å². The summed E-state index contributed by atoms with van der Waals surface area (Å²) in [4.78, 5) is 48.3. The van der Waals surface area contributed by atoms with Crippen molar-refractivity contribution in [3.63, 3.8) is 0 Å². The van der Waals surface area contributed by atoms with E-state index in [1.807, 2.05) is 63.2 Å². The summed E-state index contributed by atoms with van der Waals surface area (Å²) in [6, 6.07) is 12.3. The van der Waals surface area contributed by atoms with Crippen molar-refractivity contribution in [1.29, 1.82) is 0 Å². The molecule has 1 N–H and O–H groups in total. The molecule has 0 saturated carbocycles. The molecule has 3 heterocycles. The van der Waals surface area contributed by atoms with Gasteiger partial charge in [0.15, 0.2) is 0 Å². The zero-order valence-electron chi connectivity index (χ0n) is 25.9. The van der Waals surface area contributed by atoms with Crippen LogP contribution in [0.4, 0.5) is 11.4 Å². The SMILES string of the molecule is C=CCN(C(=O)[C@@H]1[C@@H]2CCC3(O2)C(C(=O)N(CC=C)c2cc(C)ccc2C)N(CCCO)C(=O)[C@H]13)c1ccc(OCC)cc1. The van der Waals surface area contributed by atoms with Crippen LogP contribution >= 0.6 is 0 Å². The number of aliphatic hydroxyl groups excluding tert-OH is 1. The Bertz CT molecular complexity index is 1420. The van der Waals surface area contributed by atoms with Crippen LogP contribution in [0.3, 0.4) is 0 Å². The molecule has 1 spiro atoms. The van der Waals surface area contributed by atoms with E-state index in [9.17, 15) is 19.5 Å². The van der Waals surface area contributed by atoms with Gasteiger partial charge in [0.2, 0.25) is 11.8 Å². The van der Waals surface area contributed by atoms with Crippen molar-refractivity contribution in [3.8, 4) is 5.75 Å². The molecule has 9 heteroatoms. The number of ether oxygens (including phenoxy) is 2. The second-order valence-electron chi connectivity index (χ2n) is 11.9. The monoisotopic (exact) mass is 601 g/mol. The fourth-order valence-corrected chi connectivity index (χ4v) is 7.31. The number of nitrogens with zero attached hydrogens (tertiary/aromatic N) is 3. The maximum Gasteiger partial charge on any atom is 0.253 e. The minimum absolute atomic E-state index is 0.133. The van der Waals surface area contributed by atoms with Gasteiger partial charge < -0.3 is 29.3 Å². The van der Waals surface area contributed by atoms with Gasteiger partial charge >= 0.3 is 0 Å². The number of carbonyl (C=O) groups is 3. The Labute approximate surface area is 259 Å². The van der Waals surface area contributed by atoms with Gasteiger partial charge in [-0.1, -0.05) is 24.3 Å². The number of carbonyl (C=O) groups excluding carboxylic acids is 3. The zero-order chi connectivity index (χ0) is 31.6. The number of aliphatic hydroxyl groups is 1. The Kier molecular flexibility index (Phi) is 9.27. The molecule has 3 aliphatic rings. The second-order valence-corrected chi connectivity index (χ2v) is 11.9. The smallest absolute Gasteiger partial charge is 0.253 e. The predicted octanol–water partition coefficient (Wildman–Crippen LogP) is 4.20. The third-order valence-corrected chi connectivity index (χ3v) is 9.15. The molecule has 0 aromatic heterocycles. The molecule has 44 heavy (non-hydrogen) atoms. The van der Waals surface area contributed by atoms with Gasteiger partial charge in [0.1, 0.15) is 17.4 Å². The van der Waals surface area contributed by atoms with E-state index in [2.05, 4.69) is 13.2 Å². The second kappa shape index (κ2) is 13.0. The number of aryl methyl sites for hydroxylation is 2. The van der Waals surface area contributed by atoms with Crippen LogP contribution in [0.15, 0.2) is 67.8 Å². The topological polar surface area (TPSA) is 99.6 Å². The highest BCUT2D eigenvalue weighted by Gasteiger charge is 2.75. The van der Waals surface area contributed by atoms with Crippen molar-refractivity contribution in [2.75, 3.05) is 42.6 Å². The van der Waals surface area contributed by atoms with Crippen LogP contribution < -0.4 is 14.5 Å². The number of benzene rings is 2. The van der Waals surface area contributed by atoms with E-state index < -0.39 is 29.6 Å². The molecule has 2 bridgehead atoms. The molecule has 2 aromatic carbocycles.